The standard InChI is InChI=1S/C33H38FN7O3/c1-32(2,3)44-31(42)41-22-10-11-23(41)19-39(18-22)29-25-17-36-27(24-9-5-4-8-21(24)16-35)26(34)28(25)37-30(38-29)43-20-33-12-6-14-40(33)15-7-13-33/h4-5,8-9,17,22-23H,6-7,10-15,18-20H2,1-3H3. The number of carbonyl (C=O) groups excluding carboxylic acids is 1. The van der Waals surface area contributed by atoms with Crippen molar-refractivity contribution < 1.29 is 18.7 Å². The van der Waals surface area contributed by atoms with Crippen LogP contribution in [-0.4, -0.2) is 86.9 Å². The summed E-state index contributed by atoms with van der Waals surface area (Å²) >= 11 is 0. The van der Waals surface area contributed by atoms with Crippen LogP contribution in [0, 0.1) is 17.1 Å². The summed E-state index contributed by atoms with van der Waals surface area (Å²) in [5, 5.41) is 10.1. The highest BCUT2D eigenvalue weighted by Gasteiger charge is 2.46. The lowest BCUT2D eigenvalue weighted by Crippen LogP contribution is -2.57. The molecule has 10 nitrogen and oxygen atoms in total. The average Bonchev–Trinajstić information content (AvgIpc) is 3.66. The zero-order valence-corrected chi connectivity index (χ0v) is 25.6. The Morgan fingerprint density at radius 1 is 1.11 bits per heavy atom. The van der Waals surface area contributed by atoms with Gasteiger partial charge in [0.25, 0.3) is 0 Å². The topological polar surface area (TPSA) is 108 Å². The summed E-state index contributed by atoms with van der Waals surface area (Å²) in [6, 6.07) is 9.01. The van der Waals surface area contributed by atoms with Crippen molar-refractivity contribution >= 4 is 22.8 Å². The summed E-state index contributed by atoms with van der Waals surface area (Å²) in [5.41, 5.74) is 0.313. The summed E-state index contributed by atoms with van der Waals surface area (Å²) in [6.45, 7) is 9.26. The number of pyridine rings is 1. The van der Waals surface area contributed by atoms with Gasteiger partial charge in [0.1, 0.15) is 29.2 Å². The largest absolute Gasteiger partial charge is 0.461 e. The predicted octanol–water partition coefficient (Wildman–Crippen LogP) is 5.30. The molecule has 3 aromatic rings. The van der Waals surface area contributed by atoms with E-state index in [0.29, 0.717) is 42.0 Å². The Kier molecular flexibility index (Phi) is 7.08. The van der Waals surface area contributed by atoms with Crippen molar-refractivity contribution in [1.82, 2.24) is 24.8 Å². The first-order valence-electron chi connectivity index (χ1n) is 15.7. The summed E-state index contributed by atoms with van der Waals surface area (Å²) in [5.74, 6) is -0.0694. The fraction of sp³-hybridized carbons (Fsp3) is 0.545. The number of nitrogens with zero attached hydrogens (tertiary/aromatic N) is 7. The first kappa shape index (κ1) is 28.7. The molecule has 0 saturated carbocycles. The minimum Gasteiger partial charge on any atom is -0.461 e. The smallest absolute Gasteiger partial charge is 0.410 e. The Morgan fingerprint density at radius 2 is 1.82 bits per heavy atom. The van der Waals surface area contributed by atoms with Gasteiger partial charge in [0.15, 0.2) is 5.82 Å². The average molecular weight is 600 g/mol. The molecule has 2 bridgehead atoms. The SMILES string of the molecule is CC(C)(C)OC(=O)N1C2CCC1CN(c1nc(OCC34CCCN3CCC4)nc3c(F)c(-c4ccccc4C#N)ncc13)C2. The zero-order chi connectivity index (χ0) is 30.6. The molecule has 6 heterocycles. The molecular formula is C33H38FN7O3. The van der Waals surface area contributed by atoms with Gasteiger partial charge in [-0.1, -0.05) is 18.2 Å². The molecule has 2 aromatic heterocycles. The number of rotatable bonds is 5. The fourth-order valence-corrected chi connectivity index (χ4v) is 7.65. The van der Waals surface area contributed by atoms with Crippen LogP contribution in [0.3, 0.4) is 0 Å². The van der Waals surface area contributed by atoms with Gasteiger partial charge in [0, 0.05) is 24.8 Å². The van der Waals surface area contributed by atoms with Crippen molar-refractivity contribution in [2.75, 3.05) is 37.7 Å². The van der Waals surface area contributed by atoms with Crippen LogP contribution < -0.4 is 9.64 Å². The van der Waals surface area contributed by atoms with Gasteiger partial charge in [-0.25, -0.2) is 9.18 Å². The van der Waals surface area contributed by atoms with Gasteiger partial charge in [-0.2, -0.15) is 15.2 Å². The number of nitriles is 1. The van der Waals surface area contributed by atoms with Gasteiger partial charge < -0.3 is 14.4 Å². The van der Waals surface area contributed by atoms with Gasteiger partial charge >= 0.3 is 12.1 Å². The second kappa shape index (κ2) is 10.8. The van der Waals surface area contributed by atoms with E-state index < -0.39 is 11.4 Å². The molecule has 0 radical (unpaired) electrons. The Morgan fingerprint density at radius 3 is 2.50 bits per heavy atom. The summed E-state index contributed by atoms with van der Waals surface area (Å²) in [6.07, 6.45) is 7.41. The molecule has 7 rings (SSSR count). The zero-order valence-electron chi connectivity index (χ0n) is 25.6. The number of halogens is 1. The van der Waals surface area contributed by atoms with E-state index in [1.54, 1.807) is 30.5 Å². The Hall–Kier alpha value is -4.04. The van der Waals surface area contributed by atoms with Crippen molar-refractivity contribution in [3.63, 3.8) is 0 Å². The molecule has 11 heteroatoms. The number of fused-ring (bicyclic) bond motifs is 4. The van der Waals surface area contributed by atoms with Crippen LogP contribution in [0.2, 0.25) is 0 Å². The molecule has 1 aromatic carbocycles. The van der Waals surface area contributed by atoms with Crippen molar-refractivity contribution in [1.29, 1.82) is 5.26 Å². The normalized spacial score (nSPS) is 22.7. The lowest BCUT2D eigenvalue weighted by Gasteiger charge is -2.42. The molecular weight excluding hydrogens is 561 g/mol. The molecule has 2 unspecified atom stereocenters. The number of aromatic nitrogens is 3. The van der Waals surface area contributed by atoms with Crippen LogP contribution >= 0.6 is 0 Å². The van der Waals surface area contributed by atoms with E-state index in [4.69, 9.17) is 14.5 Å². The summed E-state index contributed by atoms with van der Waals surface area (Å²) in [7, 11) is 0. The van der Waals surface area contributed by atoms with Gasteiger partial charge in [-0.05, 0) is 78.5 Å². The Labute approximate surface area is 256 Å². The van der Waals surface area contributed by atoms with E-state index in [-0.39, 0.29) is 40.9 Å². The fourth-order valence-electron chi connectivity index (χ4n) is 7.65. The van der Waals surface area contributed by atoms with Crippen LogP contribution in [0.4, 0.5) is 15.0 Å². The molecule has 1 amide bonds. The number of amides is 1. The maximum atomic E-state index is 16.4. The van der Waals surface area contributed by atoms with E-state index in [0.717, 1.165) is 51.6 Å². The predicted molar refractivity (Wildman–Crippen MR) is 163 cm³/mol. The molecule has 4 fully saturated rings. The van der Waals surface area contributed by atoms with Crippen LogP contribution in [0.15, 0.2) is 30.5 Å². The van der Waals surface area contributed by atoms with Crippen molar-refractivity contribution in [3.05, 3.63) is 41.8 Å². The third kappa shape index (κ3) is 4.99. The highest BCUT2D eigenvalue weighted by molar-refractivity contribution is 5.92. The molecule has 4 saturated heterocycles. The van der Waals surface area contributed by atoms with Crippen molar-refractivity contribution in [2.24, 2.45) is 0 Å². The van der Waals surface area contributed by atoms with E-state index in [1.165, 1.54) is 0 Å². The molecule has 2 atom stereocenters. The summed E-state index contributed by atoms with van der Waals surface area (Å²) < 4.78 is 28.5. The number of anilines is 1. The third-order valence-electron chi connectivity index (χ3n) is 9.61. The summed E-state index contributed by atoms with van der Waals surface area (Å²) in [4.78, 5) is 33.6. The first-order valence-corrected chi connectivity index (χ1v) is 15.7. The van der Waals surface area contributed by atoms with E-state index in [2.05, 4.69) is 25.8 Å². The lowest BCUT2D eigenvalue weighted by atomic mass is 9.95. The van der Waals surface area contributed by atoms with Gasteiger partial charge in [0.2, 0.25) is 0 Å². The Bertz CT molecular complexity index is 1630. The number of hydrogen-bond donors (Lipinski definition) is 0. The van der Waals surface area contributed by atoms with Crippen molar-refractivity contribution in [3.8, 4) is 23.3 Å². The Balaban J connectivity index is 1.27. The minimum absolute atomic E-state index is 0.0235. The number of benzene rings is 1. The molecule has 0 spiro atoms. The van der Waals surface area contributed by atoms with Crippen molar-refractivity contribution in [2.45, 2.75) is 82.5 Å². The van der Waals surface area contributed by atoms with E-state index in [9.17, 15) is 10.1 Å². The number of hydrogen-bond acceptors (Lipinski definition) is 9. The van der Waals surface area contributed by atoms with Gasteiger partial charge in [0.05, 0.1) is 34.6 Å². The molecule has 230 valence electrons. The molecule has 0 N–H and O–H groups in total. The third-order valence-corrected chi connectivity index (χ3v) is 9.61. The molecule has 44 heavy (non-hydrogen) atoms. The van der Waals surface area contributed by atoms with Gasteiger partial charge in [-0.15, -0.1) is 0 Å². The second-order valence-corrected chi connectivity index (χ2v) is 13.6. The van der Waals surface area contributed by atoms with Crippen LogP contribution in [0.1, 0.15) is 64.9 Å². The van der Waals surface area contributed by atoms with Crippen LogP contribution in [0.5, 0.6) is 6.01 Å². The van der Waals surface area contributed by atoms with Crippen LogP contribution in [-0.2, 0) is 4.74 Å². The maximum absolute atomic E-state index is 16.4. The monoisotopic (exact) mass is 599 g/mol. The molecule has 4 aliphatic rings. The lowest BCUT2D eigenvalue weighted by molar-refractivity contribution is 0.0122. The molecule has 0 aliphatic carbocycles. The van der Waals surface area contributed by atoms with E-state index >= 15 is 4.39 Å². The maximum Gasteiger partial charge on any atom is 0.410 e. The highest BCUT2D eigenvalue weighted by atomic mass is 19.1. The second-order valence-electron chi connectivity index (χ2n) is 13.6. The van der Waals surface area contributed by atoms with E-state index in [1.807, 2.05) is 25.7 Å². The molecule has 4 aliphatic heterocycles. The van der Waals surface area contributed by atoms with Crippen LogP contribution in [0.25, 0.3) is 22.2 Å². The highest BCUT2D eigenvalue weighted by Crippen LogP contribution is 2.41. The number of carbonyl (C=O) groups is 1. The number of piperazine rings is 1. The minimum atomic E-state index is -0.615. The van der Waals surface area contributed by atoms with Gasteiger partial charge in [-0.3, -0.25) is 14.8 Å². The first-order chi connectivity index (χ1) is 21.2. The number of ether oxygens (including phenoxy) is 2. The quantitative estimate of drug-likeness (QED) is 0.386.